The predicted molar refractivity (Wildman–Crippen MR) is 134 cm³/mol. The Balaban J connectivity index is 1.26. The second-order valence-corrected chi connectivity index (χ2v) is 8.82. The van der Waals surface area contributed by atoms with E-state index in [4.69, 9.17) is 19.2 Å². The van der Waals surface area contributed by atoms with Crippen LogP contribution in [0.2, 0.25) is 0 Å². The molecule has 1 aromatic carbocycles. The molecule has 0 bridgehead atoms. The summed E-state index contributed by atoms with van der Waals surface area (Å²) in [6.45, 7) is 2.59. The summed E-state index contributed by atoms with van der Waals surface area (Å²) >= 11 is 0. The number of fused-ring (bicyclic) bond motifs is 2. The normalized spacial score (nSPS) is 14.9. The van der Waals surface area contributed by atoms with Crippen LogP contribution in [0, 0.1) is 6.92 Å². The lowest BCUT2D eigenvalue weighted by Crippen LogP contribution is -2.16. The van der Waals surface area contributed by atoms with Crippen LogP contribution in [0.5, 0.6) is 17.4 Å². The molecule has 5 aromatic rings. The number of hydrogen-bond donors (Lipinski definition) is 0. The van der Waals surface area contributed by atoms with Gasteiger partial charge in [-0.15, -0.1) is 0 Å². The number of methoxy groups -OCH3 is 2. The van der Waals surface area contributed by atoms with E-state index in [1.54, 1.807) is 20.4 Å². The van der Waals surface area contributed by atoms with Crippen LogP contribution in [0.1, 0.15) is 35.0 Å². The van der Waals surface area contributed by atoms with Crippen LogP contribution in [-0.2, 0) is 13.0 Å². The van der Waals surface area contributed by atoms with Gasteiger partial charge in [0.2, 0.25) is 5.88 Å². The van der Waals surface area contributed by atoms with E-state index >= 15 is 0 Å². The maximum Gasteiger partial charge on any atom is 0.212 e. The third-order valence-corrected chi connectivity index (χ3v) is 6.59. The van der Waals surface area contributed by atoms with Crippen molar-refractivity contribution >= 4 is 11.2 Å². The van der Waals surface area contributed by atoms with Gasteiger partial charge in [0.15, 0.2) is 17.1 Å². The first-order chi connectivity index (χ1) is 17.6. The first-order valence-electron chi connectivity index (χ1n) is 11.8. The Morgan fingerprint density at radius 3 is 2.69 bits per heavy atom. The lowest BCUT2D eigenvalue weighted by Gasteiger charge is -2.28. The highest BCUT2D eigenvalue weighted by molar-refractivity contribution is 5.73. The Bertz CT molecular complexity index is 1520. The Morgan fingerprint density at radius 2 is 1.94 bits per heavy atom. The van der Waals surface area contributed by atoms with Crippen molar-refractivity contribution < 1.29 is 14.2 Å². The molecule has 0 spiro atoms. The van der Waals surface area contributed by atoms with Gasteiger partial charge in [-0.2, -0.15) is 0 Å². The average Bonchev–Trinajstić information content (AvgIpc) is 3.53. The minimum Gasteiger partial charge on any atom is -0.493 e. The second kappa shape index (κ2) is 8.99. The number of hydrogen-bond acceptors (Lipinski definition) is 7. The second-order valence-electron chi connectivity index (χ2n) is 8.82. The molecule has 9 nitrogen and oxygen atoms in total. The maximum absolute atomic E-state index is 6.39. The number of aromatic nitrogens is 6. The van der Waals surface area contributed by atoms with E-state index in [0.29, 0.717) is 12.4 Å². The molecule has 1 aliphatic rings. The van der Waals surface area contributed by atoms with E-state index in [-0.39, 0.29) is 6.10 Å². The summed E-state index contributed by atoms with van der Waals surface area (Å²) in [6, 6.07) is 10.1. The van der Waals surface area contributed by atoms with Gasteiger partial charge in [-0.05, 0) is 49.1 Å². The van der Waals surface area contributed by atoms with E-state index in [0.717, 1.165) is 63.7 Å². The zero-order valence-corrected chi connectivity index (χ0v) is 20.4. The smallest absolute Gasteiger partial charge is 0.212 e. The predicted octanol–water partition coefficient (Wildman–Crippen LogP) is 4.45. The first-order valence-corrected chi connectivity index (χ1v) is 11.8. The van der Waals surface area contributed by atoms with Gasteiger partial charge < -0.3 is 23.3 Å². The zero-order valence-electron chi connectivity index (χ0n) is 20.4. The molecule has 0 amide bonds. The van der Waals surface area contributed by atoms with Gasteiger partial charge in [-0.1, -0.05) is 6.07 Å². The quantitative estimate of drug-likeness (QED) is 0.353. The van der Waals surface area contributed by atoms with Gasteiger partial charge in [0, 0.05) is 30.2 Å². The van der Waals surface area contributed by atoms with Gasteiger partial charge in [0.25, 0.3) is 0 Å². The summed E-state index contributed by atoms with van der Waals surface area (Å²) < 4.78 is 21.3. The molecule has 0 aliphatic carbocycles. The SMILES string of the molecule is COc1ccc(C2CCc3cc(Cn4cnc5cc(-n6ccnc6C)cnc54)cc(OC)c3O2)cn1. The Morgan fingerprint density at radius 1 is 1.03 bits per heavy atom. The number of ether oxygens (including phenoxy) is 3. The largest absolute Gasteiger partial charge is 0.493 e. The molecule has 6 rings (SSSR count). The summed E-state index contributed by atoms with van der Waals surface area (Å²) in [4.78, 5) is 17.9. The molecule has 0 saturated carbocycles. The van der Waals surface area contributed by atoms with E-state index < -0.39 is 0 Å². The number of aryl methyl sites for hydroxylation is 2. The summed E-state index contributed by atoms with van der Waals surface area (Å²) in [6.07, 6.45) is 10.9. The van der Waals surface area contributed by atoms with Gasteiger partial charge >= 0.3 is 0 Å². The third kappa shape index (κ3) is 3.92. The van der Waals surface area contributed by atoms with Crippen molar-refractivity contribution in [3.8, 4) is 23.1 Å². The van der Waals surface area contributed by atoms with Crippen molar-refractivity contribution in [1.29, 1.82) is 0 Å². The molecule has 0 N–H and O–H groups in total. The molecule has 0 saturated heterocycles. The molecule has 9 heteroatoms. The Kier molecular flexibility index (Phi) is 5.52. The van der Waals surface area contributed by atoms with Crippen LogP contribution < -0.4 is 14.2 Å². The Hall–Kier alpha value is -4.40. The van der Waals surface area contributed by atoms with Crippen LogP contribution in [0.4, 0.5) is 0 Å². The fraction of sp³-hybridized carbons (Fsp3) is 0.259. The fourth-order valence-electron chi connectivity index (χ4n) is 4.74. The van der Waals surface area contributed by atoms with E-state index in [2.05, 4.69) is 25.6 Å². The van der Waals surface area contributed by atoms with Crippen molar-refractivity contribution in [2.45, 2.75) is 32.4 Å². The monoisotopic (exact) mass is 482 g/mol. The van der Waals surface area contributed by atoms with E-state index in [1.807, 2.05) is 60.7 Å². The number of benzene rings is 1. The van der Waals surface area contributed by atoms with Crippen LogP contribution in [-0.4, -0.2) is 43.3 Å². The molecule has 182 valence electrons. The Labute approximate surface area is 208 Å². The molecule has 1 aliphatic heterocycles. The zero-order chi connectivity index (χ0) is 24.6. The minimum absolute atomic E-state index is 0.0780. The lowest BCUT2D eigenvalue weighted by molar-refractivity contribution is 0.168. The molecule has 1 unspecified atom stereocenters. The van der Waals surface area contributed by atoms with Crippen molar-refractivity contribution in [2.24, 2.45) is 0 Å². The number of pyridine rings is 2. The highest BCUT2D eigenvalue weighted by Crippen LogP contribution is 2.42. The van der Waals surface area contributed by atoms with Crippen molar-refractivity contribution in [3.63, 3.8) is 0 Å². The van der Waals surface area contributed by atoms with E-state index in [1.165, 1.54) is 0 Å². The molecule has 36 heavy (non-hydrogen) atoms. The summed E-state index contributed by atoms with van der Waals surface area (Å²) in [5.41, 5.74) is 5.87. The average molecular weight is 483 g/mol. The summed E-state index contributed by atoms with van der Waals surface area (Å²) in [5, 5.41) is 0. The van der Waals surface area contributed by atoms with Gasteiger partial charge in [0.05, 0.1) is 39.0 Å². The van der Waals surface area contributed by atoms with Gasteiger partial charge in [-0.3, -0.25) is 0 Å². The first kappa shape index (κ1) is 22.1. The van der Waals surface area contributed by atoms with Gasteiger partial charge in [0.1, 0.15) is 17.4 Å². The number of nitrogens with zero attached hydrogens (tertiary/aromatic N) is 6. The van der Waals surface area contributed by atoms with Gasteiger partial charge in [-0.25, -0.2) is 19.9 Å². The lowest BCUT2D eigenvalue weighted by atomic mass is 9.96. The molecule has 0 fully saturated rings. The summed E-state index contributed by atoms with van der Waals surface area (Å²) in [7, 11) is 3.29. The van der Waals surface area contributed by atoms with E-state index in [9.17, 15) is 0 Å². The molecular formula is C27H26N6O3. The summed E-state index contributed by atoms with van der Waals surface area (Å²) in [5.74, 6) is 3.02. The maximum atomic E-state index is 6.39. The van der Waals surface area contributed by atoms with Crippen molar-refractivity contribution in [3.05, 3.63) is 84.0 Å². The molecule has 1 atom stereocenters. The van der Waals surface area contributed by atoms with Crippen LogP contribution in [0.15, 0.2) is 61.4 Å². The molecule has 5 heterocycles. The van der Waals surface area contributed by atoms with Crippen molar-refractivity contribution in [1.82, 2.24) is 29.1 Å². The van der Waals surface area contributed by atoms with Crippen LogP contribution >= 0.6 is 0 Å². The fourth-order valence-corrected chi connectivity index (χ4v) is 4.74. The van der Waals surface area contributed by atoms with Crippen LogP contribution in [0.25, 0.3) is 16.9 Å². The van der Waals surface area contributed by atoms with Crippen molar-refractivity contribution in [2.75, 3.05) is 14.2 Å². The molecular weight excluding hydrogens is 456 g/mol. The number of imidazole rings is 2. The standard InChI is InChI=1S/C27H26N6O3/c1-17-28-8-9-33(17)21-12-22-27(30-14-21)32(16-31-22)15-18-10-19-4-6-23(36-26(19)24(11-18)34-2)20-5-7-25(35-3)29-13-20/h5,7-14,16,23H,4,6,15H2,1-3H3. The highest BCUT2D eigenvalue weighted by Gasteiger charge is 2.25. The highest BCUT2D eigenvalue weighted by atomic mass is 16.5. The number of rotatable bonds is 6. The molecule has 0 radical (unpaired) electrons. The molecule has 4 aromatic heterocycles. The topological polar surface area (TPSA) is 89.1 Å². The minimum atomic E-state index is -0.0780. The van der Waals surface area contributed by atoms with Crippen LogP contribution in [0.3, 0.4) is 0 Å². The third-order valence-electron chi connectivity index (χ3n) is 6.59.